The molecular weight excluding hydrogens is 356 g/mol. The fourth-order valence-electron chi connectivity index (χ4n) is 8.66. The highest BCUT2D eigenvalue weighted by atomic mass is 16.6. The molecule has 0 aromatic carbocycles. The highest BCUT2D eigenvalue weighted by Gasteiger charge is 2.84. The highest BCUT2D eigenvalue weighted by molar-refractivity contribution is 5.92. The number of hydrogen-bond donors (Lipinski definition) is 2. The number of ketones is 1. The molecule has 9 atom stereocenters. The molecule has 1 aliphatic heterocycles. The molecule has 0 amide bonds. The van der Waals surface area contributed by atoms with Crippen LogP contribution in [0.2, 0.25) is 0 Å². The van der Waals surface area contributed by atoms with Crippen LogP contribution in [0.5, 0.6) is 0 Å². The molecule has 28 heavy (non-hydrogen) atoms. The lowest BCUT2D eigenvalue weighted by atomic mass is 9.46. The van der Waals surface area contributed by atoms with Crippen LogP contribution in [0.1, 0.15) is 65.2 Å². The summed E-state index contributed by atoms with van der Waals surface area (Å²) in [5, 5.41) is 20.8. The van der Waals surface area contributed by atoms with Gasteiger partial charge < -0.3 is 14.9 Å². The van der Waals surface area contributed by atoms with Crippen LogP contribution in [0.3, 0.4) is 0 Å². The second-order valence-corrected chi connectivity index (χ2v) is 11.0. The molecule has 1 heterocycles. The molecular formula is C23H30O5. The van der Waals surface area contributed by atoms with Gasteiger partial charge in [0.25, 0.3) is 0 Å². The van der Waals surface area contributed by atoms with Gasteiger partial charge in [-0.15, -0.1) is 0 Å². The van der Waals surface area contributed by atoms with Crippen molar-refractivity contribution in [3.63, 3.8) is 0 Å². The maximum absolute atomic E-state index is 12.1. The molecule has 5 nitrogen and oxygen atoms in total. The lowest BCUT2D eigenvalue weighted by Crippen LogP contribution is -2.60. The van der Waals surface area contributed by atoms with Crippen LogP contribution >= 0.6 is 0 Å². The van der Waals surface area contributed by atoms with E-state index >= 15 is 0 Å². The van der Waals surface area contributed by atoms with E-state index in [2.05, 4.69) is 13.8 Å². The first-order valence-corrected chi connectivity index (χ1v) is 11.0. The molecule has 0 aromatic heterocycles. The Bertz CT molecular complexity index is 833. The van der Waals surface area contributed by atoms with Gasteiger partial charge in [0.05, 0.1) is 11.7 Å². The topological polar surface area (TPSA) is 87.1 Å². The van der Waals surface area contributed by atoms with E-state index in [1.165, 1.54) is 5.57 Å². The van der Waals surface area contributed by atoms with Crippen molar-refractivity contribution >= 4 is 11.8 Å². The fraction of sp³-hybridized carbons (Fsp3) is 0.826. The summed E-state index contributed by atoms with van der Waals surface area (Å²) in [7, 11) is 0. The van der Waals surface area contributed by atoms with Crippen molar-refractivity contribution in [1.29, 1.82) is 0 Å². The predicted molar refractivity (Wildman–Crippen MR) is 100 cm³/mol. The highest BCUT2D eigenvalue weighted by Crippen LogP contribution is 2.82. The van der Waals surface area contributed by atoms with Crippen LogP contribution < -0.4 is 0 Å². The number of aliphatic hydroxyl groups is 1. The molecule has 5 heteroatoms. The summed E-state index contributed by atoms with van der Waals surface area (Å²) >= 11 is 0. The maximum Gasteiger partial charge on any atom is 0.303 e. The quantitative estimate of drug-likeness (QED) is 0.728. The number of aliphatic carboxylic acids is 1. The normalized spacial score (nSPS) is 57.9. The molecule has 0 bridgehead atoms. The van der Waals surface area contributed by atoms with Gasteiger partial charge in [-0.05, 0) is 68.3 Å². The van der Waals surface area contributed by atoms with E-state index in [1.807, 2.05) is 6.08 Å². The van der Waals surface area contributed by atoms with Gasteiger partial charge in [0, 0.05) is 23.7 Å². The van der Waals surface area contributed by atoms with Gasteiger partial charge >= 0.3 is 5.97 Å². The summed E-state index contributed by atoms with van der Waals surface area (Å²) in [6.45, 7) is 4.54. The minimum absolute atomic E-state index is 0.0267. The Morgan fingerprint density at radius 3 is 2.86 bits per heavy atom. The first-order valence-electron chi connectivity index (χ1n) is 11.0. The maximum atomic E-state index is 12.1. The third-order valence-corrected chi connectivity index (χ3v) is 10.2. The molecule has 1 saturated heterocycles. The smallest absolute Gasteiger partial charge is 0.303 e. The van der Waals surface area contributed by atoms with Gasteiger partial charge in [-0.25, -0.2) is 0 Å². The summed E-state index contributed by atoms with van der Waals surface area (Å²) < 4.78 is 6.62. The average molecular weight is 386 g/mol. The fourth-order valence-corrected chi connectivity index (χ4v) is 8.66. The molecule has 2 N–H and O–H groups in total. The van der Waals surface area contributed by atoms with E-state index in [9.17, 15) is 19.8 Å². The minimum Gasteiger partial charge on any atom is -0.481 e. The Hall–Kier alpha value is -1.20. The Morgan fingerprint density at radius 1 is 1.32 bits per heavy atom. The van der Waals surface area contributed by atoms with Crippen molar-refractivity contribution in [2.75, 3.05) is 0 Å². The average Bonchev–Trinajstić information content (AvgIpc) is 3.52. The minimum atomic E-state index is -0.905. The first kappa shape index (κ1) is 17.6. The number of epoxide rings is 1. The largest absolute Gasteiger partial charge is 0.481 e. The van der Waals surface area contributed by atoms with Crippen molar-refractivity contribution in [2.45, 2.75) is 82.5 Å². The molecule has 5 aliphatic carbocycles. The van der Waals surface area contributed by atoms with Crippen molar-refractivity contribution in [3.05, 3.63) is 11.6 Å². The molecule has 5 fully saturated rings. The summed E-state index contributed by atoms with van der Waals surface area (Å²) in [6, 6.07) is 0. The Balaban J connectivity index is 1.40. The lowest BCUT2D eigenvalue weighted by molar-refractivity contribution is -0.144. The van der Waals surface area contributed by atoms with Gasteiger partial charge in [0.15, 0.2) is 5.78 Å². The summed E-state index contributed by atoms with van der Waals surface area (Å²) in [5.41, 5.74) is -0.0168. The molecule has 4 unspecified atom stereocenters. The molecule has 1 spiro atoms. The van der Waals surface area contributed by atoms with Gasteiger partial charge in [-0.3, -0.25) is 9.59 Å². The predicted octanol–water partition coefficient (Wildman–Crippen LogP) is 3.10. The Labute approximate surface area is 165 Å². The van der Waals surface area contributed by atoms with E-state index in [0.717, 1.165) is 25.7 Å². The van der Waals surface area contributed by atoms with Crippen LogP contribution in [0, 0.1) is 34.5 Å². The Morgan fingerprint density at radius 2 is 2.11 bits per heavy atom. The molecule has 0 radical (unpaired) electrons. The summed E-state index contributed by atoms with van der Waals surface area (Å²) in [6.07, 6.45) is 7.59. The van der Waals surface area contributed by atoms with Crippen LogP contribution in [-0.4, -0.2) is 39.3 Å². The van der Waals surface area contributed by atoms with Gasteiger partial charge in [-0.1, -0.05) is 19.4 Å². The Kier molecular flexibility index (Phi) is 3.10. The van der Waals surface area contributed by atoms with Gasteiger partial charge in [0.2, 0.25) is 0 Å². The zero-order chi connectivity index (χ0) is 19.7. The zero-order valence-corrected chi connectivity index (χ0v) is 16.7. The van der Waals surface area contributed by atoms with Crippen LogP contribution in [0.15, 0.2) is 11.6 Å². The number of ether oxygens (including phenoxy) is 1. The third-order valence-electron chi connectivity index (χ3n) is 10.2. The molecule has 152 valence electrons. The number of carbonyl (C=O) groups is 2. The standard InChI is InChI=1S/C23H30O5/c1-20-6-3-12(24)9-16(20)13-10-14(13)19-15-4-7-22(27,8-5-18(25)26)21(15,2)11-17-23(19,20)28-17/h9,13-15,17,19,27H,3-8,10-11H2,1-2H3,(H,25,26)/t13?,14?,15?,17-,19+,20+,21?,22-,23-/m1/s1. The number of carbonyl (C=O) groups excluding carboxylic acids is 1. The number of carboxylic acid groups (broad SMARTS) is 1. The van der Waals surface area contributed by atoms with Gasteiger partial charge in [-0.2, -0.15) is 0 Å². The number of hydrogen-bond acceptors (Lipinski definition) is 4. The molecule has 4 saturated carbocycles. The number of carboxylic acids is 1. The van der Waals surface area contributed by atoms with Gasteiger partial charge in [0.1, 0.15) is 5.60 Å². The SMILES string of the molecule is CC12C[C@H]3O[C@@]34[C@@H](C3CC3C3=CC(=O)CC[C@@]34C)C1CC[C@@]2(O)CCC(=O)O. The second kappa shape index (κ2) is 4.92. The number of rotatable bonds is 3. The van der Waals surface area contributed by atoms with E-state index in [-0.39, 0.29) is 34.7 Å². The van der Waals surface area contributed by atoms with Crippen LogP contribution in [0.4, 0.5) is 0 Å². The van der Waals surface area contributed by atoms with E-state index in [0.29, 0.717) is 42.9 Å². The van der Waals surface area contributed by atoms with Crippen LogP contribution in [0.25, 0.3) is 0 Å². The van der Waals surface area contributed by atoms with E-state index < -0.39 is 11.6 Å². The molecule has 0 aromatic rings. The van der Waals surface area contributed by atoms with E-state index in [1.54, 1.807) is 0 Å². The summed E-state index contributed by atoms with van der Waals surface area (Å²) in [5.74, 6) is 1.36. The van der Waals surface area contributed by atoms with Crippen molar-refractivity contribution in [1.82, 2.24) is 0 Å². The summed E-state index contributed by atoms with van der Waals surface area (Å²) in [4.78, 5) is 23.3. The first-order chi connectivity index (χ1) is 13.2. The monoisotopic (exact) mass is 386 g/mol. The second-order valence-electron chi connectivity index (χ2n) is 11.0. The van der Waals surface area contributed by atoms with Crippen molar-refractivity contribution in [2.24, 2.45) is 34.5 Å². The lowest BCUT2D eigenvalue weighted by Gasteiger charge is -2.56. The van der Waals surface area contributed by atoms with Crippen molar-refractivity contribution in [3.8, 4) is 0 Å². The zero-order valence-electron chi connectivity index (χ0n) is 16.7. The van der Waals surface area contributed by atoms with Crippen molar-refractivity contribution < 1.29 is 24.5 Å². The molecule has 6 aliphatic rings. The van der Waals surface area contributed by atoms with Crippen LogP contribution in [-0.2, 0) is 14.3 Å². The third kappa shape index (κ3) is 1.78. The van der Waals surface area contributed by atoms with E-state index in [4.69, 9.17) is 4.74 Å². The molecule has 6 rings (SSSR count). The number of fused-ring (bicyclic) bond motifs is 6.